The van der Waals surface area contributed by atoms with Crippen LogP contribution < -0.4 is 9.64 Å². The molecule has 0 fully saturated rings. The van der Waals surface area contributed by atoms with Crippen LogP contribution in [0.3, 0.4) is 0 Å². The third-order valence-corrected chi connectivity index (χ3v) is 3.48. The lowest BCUT2D eigenvalue weighted by Gasteiger charge is -2.27. The van der Waals surface area contributed by atoms with Gasteiger partial charge in [-0.05, 0) is 38.1 Å². The minimum absolute atomic E-state index is 0.589. The average molecular weight is 286 g/mol. The lowest BCUT2D eigenvalue weighted by molar-refractivity contribution is 0.194. The Morgan fingerprint density at radius 2 is 2.05 bits per heavy atom. The van der Waals surface area contributed by atoms with E-state index in [0.29, 0.717) is 12.3 Å². The number of methoxy groups -OCH3 is 1. The summed E-state index contributed by atoms with van der Waals surface area (Å²) in [6, 6.07) is 11.7. The van der Waals surface area contributed by atoms with E-state index in [4.69, 9.17) is 4.74 Å². The first-order chi connectivity index (χ1) is 10.2. The second-order valence-electron chi connectivity index (χ2n) is 4.90. The molecule has 0 unspecified atom stereocenters. The first kappa shape index (κ1) is 15.3. The Hall–Kier alpha value is -2.07. The average Bonchev–Trinajstić information content (AvgIpc) is 2.52. The summed E-state index contributed by atoms with van der Waals surface area (Å²) in [6.45, 7) is 5.37. The Morgan fingerprint density at radius 3 is 2.62 bits per heavy atom. The van der Waals surface area contributed by atoms with Crippen LogP contribution in [0.15, 0.2) is 42.6 Å². The van der Waals surface area contributed by atoms with Crippen molar-refractivity contribution in [2.24, 2.45) is 0 Å². The number of hydrogen-bond donors (Lipinski definition) is 1. The van der Waals surface area contributed by atoms with Crippen LogP contribution in [0.5, 0.6) is 5.75 Å². The molecule has 0 radical (unpaired) electrons. The van der Waals surface area contributed by atoms with Crippen molar-refractivity contribution in [3.63, 3.8) is 0 Å². The van der Waals surface area contributed by atoms with Crippen LogP contribution in [0.2, 0.25) is 0 Å². The van der Waals surface area contributed by atoms with Gasteiger partial charge < -0.3 is 14.7 Å². The number of rotatable bonds is 6. The zero-order chi connectivity index (χ0) is 15.2. The van der Waals surface area contributed by atoms with Crippen molar-refractivity contribution in [3.8, 4) is 5.75 Å². The van der Waals surface area contributed by atoms with Gasteiger partial charge in [-0.25, -0.2) is 0 Å². The molecule has 112 valence electrons. The van der Waals surface area contributed by atoms with E-state index in [1.807, 2.05) is 36.4 Å². The molecular weight excluding hydrogens is 264 g/mol. The van der Waals surface area contributed by atoms with Crippen LogP contribution in [0.25, 0.3) is 0 Å². The van der Waals surface area contributed by atoms with Crippen LogP contribution in [0.1, 0.15) is 31.2 Å². The standard InChI is InChI=1S/C17H22N2O2/c1-4-19(12-14-8-5-6-11-18-14)15-9-7-10-16(21-3)17(15)13(2)20/h5-11,13,20H,4,12H2,1-3H3/t13-/m0/s1. The highest BCUT2D eigenvalue weighted by Crippen LogP contribution is 2.35. The number of benzene rings is 1. The van der Waals surface area contributed by atoms with E-state index in [2.05, 4.69) is 16.8 Å². The van der Waals surface area contributed by atoms with Crippen molar-refractivity contribution in [3.05, 3.63) is 53.9 Å². The van der Waals surface area contributed by atoms with Crippen LogP contribution in [0, 0.1) is 0 Å². The van der Waals surface area contributed by atoms with Crippen LogP contribution >= 0.6 is 0 Å². The van der Waals surface area contributed by atoms with Crippen molar-refractivity contribution in [2.75, 3.05) is 18.6 Å². The van der Waals surface area contributed by atoms with E-state index in [0.717, 1.165) is 23.5 Å². The zero-order valence-corrected chi connectivity index (χ0v) is 12.8. The quantitative estimate of drug-likeness (QED) is 0.886. The smallest absolute Gasteiger partial charge is 0.126 e. The van der Waals surface area contributed by atoms with E-state index < -0.39 is 6.10 Å². The maximum absolute atomic E-state index is 10.1. The van der Waals surface area contributed by atoms with Crippen molar-refractivity contribution in [1.82, 2.24) is 4.98 Å². The third-order valence-electron chi connectivity index (χ3n) is 3.48. The molecule has 21 heavy (non-hydrogen) atoms. The summed E-state index contributed by atoms with van der Waals surface area (Å²) in [5, 5.41) is 10.1. The number of nitrogens with zero attached hydrogens (tertiary/aromatic N) is 2. The van der Waals surface area contributed by atoms with Gasteiger partial charge in [-0.1, -0.05) is 12.1 Å². The van der Waals surface area contributed by atoms with Gasteiger partial charge in [0, 0.05) is 24.0 Å². The molecule has 0 amide bonds. The van der Waals surface area contributed by atoms with Crippen molar-refractivity contribution in [2.45, 2.75) is 26.5 Å². The molecular formula is C17H22N2O2. The minimum atomic E-state index is -0.589. The van der Waals surface area contributed by atoms with Crippen molar-refractivity contribution >= 4 is 5.69 Å². The Labute approximate surface area is 126 Å². The second-order valence-corrected chi connectivity index (χ2v) is 4.90. The number of anilines is 1. The number of ether oxygens (including phenoxy) is 1. The summed E-state index contributed by atoms with van der Waals surface area (Å²) < 4.78 is 5.39. The predicted molar refractivity (Wildman–Crippen MR) is 84.6 cm³/mol. The lowest BCUT2D eigenvalue weighted by atomic mass is 10.1. The molecule has 0 bridgehead atoms. The molecule has 2 rings (SSSR count). The maximum atomic E-state index is 10.1. The molecule has 0 aliphatic rings. The Balaban J connectivity index is 2.38. The zero-order valence-electron chi connectivity index (χ0n) is 12.8. The first-order valence-corrected chi connectivity index (χ1v) is 7.17. The van der Waals surface area contributed by atoms with E-state index in [-0.39, 0.29) is 0 Å². The molecule has 0 spiro atoms. The number of hydrogen-bond acceptors (Lipinski definition) is 4. The predicted octanol–water partition coefficient (Wildman–Crippen LogP) is 3.17. The van der Waals surface area contributed by atoms with Gasteiger partial charge in [0.05, 0.1) is 25.5 Å². The lowest BCUT2D eigenvalue weighted by Crippen LogP contribution is -2.24. The van der Waals surface area contributed by atoms with E-state index in [9.17, 15) is 5.11 Å². The van der Waals surface area contributed by atoms with Crippen molar-refractivity contribution in [1.29, 1.82) is 0 Å². The number of aliphatic hydroxyl groups is 1. The van der Waals surface area contributed by atoms with Crippen LogP contribution in [-0.2, 0) is 6.54 Å². The Morgan fingerprint density at radius 1 is 1.24 bits per heavy atom. The molecule has 4 heteroatoms. The second kappa shape index (κ2) is 7.09. The fourth-order valence-corrected chi connectivity index (χ4v) is 2.46. The fourth-order valence-electron chi connectivity index (χ4n) is 2.46. The van der Waals surface area contributed by atoms with Gasteiger partial charge in [0.25, 0.3) is 0 Å². The number of aromatic nitrogens is 1. The van der Waals surface area contributed by atoms with E-state index in [1.54, 1.807) is 20.2 Å². The molecule has 0 saturated carbocycles. The van der Waals surface area contributed by atoms with Gasteiger partial charge in [-0.2, -0.15) is 0 Å². The molecule has 0 aliphatic heterocycles. The summed E-state index contributed by atoms with van der Waals surface area (Å²) in [5.74, 6) is 0.710. The van der Waals surface area contributed by atoms with Gasteiger partial charge in [-0.3, -0.25) is 4.98 Å². The summed E-state index contributed by atoms with van der Waals surface area (Å²) in [5.41, 5.74) is 2.80. The van der Waals surface area contributed by atoms with Gasteiger partial charge >= 0.3 is 0 Å². The van der Waals surface area contributed by atoms with Gasteiger partial charge in [0.1, 0.15) is 5.75 Å². The number of aliphatic hydroxyl groups excluding tert-OH is 1. The Kier molecular flexibility index (Phi) is 5.17. The summed E-state index contributed by atoms with van der Waals surface area (Å²) in [4.78, 5) is 6.56. The van der Waals surface area contributed by atoms with Gasteiger partial charge in [0.15, 0.2) is 0 Å². The topological polar surface area (TPSA) is 45.6 Å². The molecule has 1 aromatic heterocycles. The molecule has 0 saturated heterocycles. The SMILES string of the molecule is CCN(Cc1ccccn1)c1cccc(OC)c1[C@H](C)O. The van der Waals surface area contributed by atoms with Crippen molar-refractivity contribution < 1.29 is 9.84 Å². The van der Waals surface area contributed by atoms with E-state index in [1.165, 1.54) is 0 Å². The molecule has 1 N–H and O–H groups in total. The largest absolute Gasteiger partial charge is 0.496 e. The van der Waals surface area contributed by atoms with Crippen LogP contribution in [-0.4, -0.2) is 23.7 Å². The summed E-state index contributed by atoms with van der Waals surface area (Å²) in [7, 11) is 1.63. The molecule has 4 nitrogen and oxygen atoms in total. The van der Waals surface area contributed by atoms with Gasteiger partial charge in [-0.15, -0.1) is 0 Å². The summed E-state index contributed by atoms with van der Waals surface area (Å²) >= 11 is 0. The third kappa shape index (κ3) is 3.52. The first-order valence-electron chi connectivity index (χ1n) is 7.17. The molecule has 1 aromatic carbocycles. The normalized spacial score (nSPS) is 12.0. The monoisotopic (exact) mass is 286 g/mol. The Bertz CT molecular complexity index is 570. The molecule has 2 aromatic rings. The van der Waals surface area contributed by atoms with Crippen LogP contribution in [0.4, 0.5) is 5.69 Å². The minimum Gasteiger partial charge on any atom is -0.496 e. The molecule has 1 heterocycles. The molecule has 1 atom stereocenters. The number of pyridine rings is 1. The molecule has 0 aliphatic carbocycles. The van der Waals surface area contributed by atoms with E-state index >= 15 is 0 Å². The highest BCUT2D eigenvalue weighted by atomic mass is 16.5. The highest BCUT2D eigenvalue weighted by Gasteiger charge is 2.18. The maximum Gasteiger partial charge on any atom is 0.126 e. The van der Waals surface area contributed by atoms with Gasteiger partial charge in [0.2, 0.25) is 0 Å². The fraction of sp³-hybridized carbons (Fsp3) is 0.353. The summed E-state index contributed by atoms with van der Waals surface area (Å²) in [6.07, 6.45) is 1.21. The highest BCUT2D eigenvalue weighted by molar-refractivity contribution is 5.60.